The van der Waals surface area contributed by atoms with Crippen LogP contribution in [0, 0.1) is 10.1 Å². The highest BCUT2D eigenvalue weighted by Crippen LogP contribution is 2.45. The third-order valence-electron chi connectivity index (χ3n) is 5.52. The second kappa shape index (κ2) is 8.36. The molecule has 2 atom stereocenters. The average Bonchev–Trinajstić information content (AvgIpc) is 3.44. The van der Waals surface area contributed by atoms with E-state index >= 15 is 0 Å². The number of rotatable bonds is 5. The molecule has 0 amide bonds. The molecule has 2 aromatic carbocycles. The number of anilines is 1. The first-order chi connectivity index (χ1) is 16.0. The van der Waals surface area contributed by atoms with E-state index in [0.29, 0.717) is 27.9 Å². The van der Waals surface area contributed by atoms with Crippen LogP contribution in [0.25, 0.3) is 11.3 Å². The number of benzene rings is 2. The summed E-state index contributed by atoms with van der Waals surface area (Å²) in [6, 6.07) is 21.5. The molecule has 33 heavy (non-hydrogen) atoms. The second-order valence-electron chi connectivity index (χ2n) is 7.46. The standard InChI is InChI=1S/C24H18N4O4S/c29-19-11-4-3-10-18(19)27-23(22(26-24(27)33)16-8-5-6-14-25-16)21-13-12-20(32-21)15-7-1-2-9-17(15)28(30)31/h1-14,22-23,29H,(H,26,33)/t22-,23+/m0/s1. The Kier molecular flexibility index (Phi) is 5.23. The van der Waals surface area contributed by atoms with Crippen LogP contribution < -0.4 is 10.2 Å². The summed E-state index contributed by atoms with van der Waals surface area (Å²) < 4.78 is 6.18. The topological polar surface area (TPSA) is 105 Å². The molecule has 0 bridgehead atoms. The summed E-state index contributed by atoms with van der Waals surface area (Å²) in [6.07, 6.45) is 1.70. The van der Waals surface area contributed by atoms with Crippen LogP contribution in [0.4, 0.5) is 11.4 Å². The SMILES string of the molecule is O=[N+]([O-])c1ccccc1-c1ccc([C@@H]2[C@H](c3ccccn3)NC(=S)N2c2ccccc2O)o1. The molecule has 0 radical (unpaired) electrons. The van der Waals surface area contributed by atoms with Crippen molar-refractivity contribution in [1.82, 2.24) is 10.3 Å². The summed E-state index contributed by atoms with van der Waals surface area (Å²) in [5.74, 6) is 0.959. The highest BCUT2D eigenvalue weighted by Gasteiger charge is 2.43. The number of nitrogens with one attached hydrogen (secondary N) is 1. The number of hydrogen-bond acceptors (Lipinski definition) is 6. The molecule has 0 saturated carbocycles. The molecular weight excluding hydrogens is 440 g/mol. The van der Waals surface area contributed by atoms with E-state index in [4.69, 9.17) is 16.6 Å². The quantitative estimate of drug-likeness (QED) is 0.241. The minimum Gasteiger partial charge on any atom is -0.506 e. The maximum Gasteiger partial charge on any atom is 0.280 e. The molecule has 9 heteroatoms. The van der Waals surface area contributed by atoms with Crippen LogP contribution in [0.15, 0.2) is 89.5 Å². The highest BCUT2D eigenvalue weighted by molar-refractivity contribution is 7.80. The Labute approximate surface area is 194 Å². The molecule has 2 N–H and O–H groups in total. The van der Waals surface area contributed by atoms with Gasteiger partial charge in [0.1, 0.15) is 23.3 Å². The van der Waals surface area contributed by atoms with Gasteiger partial charge in [0.05, 0.1) is 27.9 Å². The molecule has 3 heterocycles. The van der Waals surface area contributed by atoms with Crippen molar-refractivity contribution in [3.63, 3.8) is 0 Å². The Balaban J connectivity index is 1.63. The predicted molar refractivity (Wildman–Crippen MR) is 127 cm³/mol. The number of hydrogen-bond donors (Lipinski definition) is 2. The van der Waals surface area contributed by atoms with E-state index in [1.807, 2.05) is 24.3 Å². The van der Waals surface area contributed by atoms with Crippen LogP contribution in [0.3, 0.4) is 0 Å². The van der Waals surface area contributed by atoms with Gasteiger partial charge in [0, 0.05) is 12.3 Å². The summed E-state index contributed by atoms with van der Waals surface area (Å²) in [4.78, 5) is 17.3. The lowest BCUT2D eigenvalue weighted by atomic mass is 10.0. The maximum absolute atomic E-state index is 11.5. The third kappa shape index (κ3) is 3.68. The number of thiocarbonyl (C=S) groups is 1. The Hall–Kier alpha value is -4.24. The molecule has 0 aliphatic carbocycles. The summed E-state index contributed by atoms with van der Waals surface area (Å²) in [7, 11) is 0. The fourth-order valence-corrected chi connectivity index (χ4v) is 4.41. The number of nitrogens with zero attached hydrogens (tertiary/aromatic N) is 3. The van der Waals surface area contributed by atoms with Gasteiger partial charge in [-0.3, -0.25) is 15.1 Å². The molecule has 1 fully saturated rings. The number of phenols is 1. The van der Waals surface area contributed by atoms with Crippen LogP contribution in [0.5, 0.6) is 5.75 Å². The van der Waals surface area contributed by atoms with E-state index in [0.717, 1.165) is 5.69 Å². The first kappa shape index (κ1) is 20.7. The van der Waals surface area contributed by atoms with Gasteiger partial charge in [-0.05, 0) is 54.7 Å². The minimum absolute atomic E-state index is 0.0442. The van der Waals surface area contributed by atoms with Crippen molar-refractivity contribution in [2.45, 2.75) is 12.1 Å². The Morgan fingerprint density at radius 1 is 1.03 bits per heavy atom. The predicted octanol–water partition coefficient (Wildman–Crippen LogP) is 5.13. The van der Waals surface area contributed by atoms with Crippen LogP contribution in [0.1, 0.15) is 23.5 Å². The number of nitro groups is 1. The third-order valence-corrected chi connectivity index (χ3v) is 5.84. The summed E-state index contributed by atoms with van der Waals surface area (Å²) in [5, 5.41) is 25.7. The van der Waals surface area contributed by atoms with E-state index in [-0.39, 0.29) is 17.5 Å². The molecule has 164 valence electrons. The van der Waals surface area contributed by atoms with E-state index in [2.05, 4.69) is 10.3 Å². The van der Waals surface area contributed by atoms with Crippen molar-refractivity contribution < 1.29 is 14.4 Å². The van der Waals surface area contributed by atoms with Crippen molar-refractivity contribution in [3.8, 4) is 17.1 Å². The lowest BCUT2D eigenvalue weighted by Gasteiger charge is -2.26. The fraction of sp³-hybridized carbons (Fsp3) is 0.0833. The molecule has 5 rings (SSSR count). The van der Waals surface area contributed by atoms with E-state index in [9.17, 15) is 15.2 Å². The molecule has 1 saturated heterocycles. The molecule has 1 aliphatic rings. The van der Waals surface area contributed by atoms with E-state index in [1.54, 1.807) is 59.6 Å². The van der Waals surface area contributed by atoms with Gasteiger partial charge in [-0.25, -0.2) is 0 Å². The Morgan fingerprint density at radius 3 is 2.55 bits per heavy atom. The van der Waals surface area contributed by atoms with Crippen LogP contribution >= 0.6 is 12.2 Å². The van der Waals surface area contributed by atoms with Gasteiger partial charge in [-0.1, -0.05) is 30.3 Å². The number of para-hydroxylation sites is 3. The van der Waals surface area contributed by atoms with E-state index < -0.39 is 11.0 Å². The molecule has 2 aromatic heterocycles. The van der Waals surface area contributed by atoms with Gasteiger partial charge in [-0.2, -0.15) is 0 Å². The number of aromatic nitrogens is 1. The largest absolute Gasteiger partial charge is 0.506 e. The summed E-state index contributed by atoms with van der Waals surface area (Å²) in [6.45, 7) is 0. The minimum atomic E-state index is -0.489. The first-order valence-electron chi connectivity index (χ1n) is 10.2. The zero-order chi connectivity index (χ0) is 22.9. The summed E-state index contributed by atoms with van der Waals surface area (Å²) in [5.41, 5.74) is 1.59. The molecule has 1 aliphatic heterocycles. The van der Waals surface area contributed by atoms with Crippen LogP contribution in [0.2, 0.25) is 0 Å². The smallest absolute Gasteiger partial charge is 0.280 e. The highest BCUT2D eigenvalue weighted by atomic mass is 32.1. The van der Waals surface area contributed by atoms with Gasteiger partial charge >= 0.3 is 0 Å². The van der Waals surface area contributed by atoms with Gasteiger partial charge in [0.15, 0.2) is 5.11 Å². The lowest BCUT2D eigenvalue weighted by molar-refractivity contribution is -0.384. The molecule has 8 nitrogen and oxygen atoms in total. The number of aromatic hydroxyl groups is 1. The van der Waals surface area contributed by atoms with Crippen LogP contribution in [-0.2, 0) is 0 Å². The molecule has 0 spiro atoms. The molecular formula is C24H18N4O4S. The molecule has 4 aromatic rings. The van der Waals surface area contributed by atoms with Crippen molar-refractivity contribution in [2.24, 2.45) is 0 Å². The van der Waals surface area contributed by atoms with Crippen molar-refractivity contribution in [3.05, 3.63) is 107 Å². The number of furan rings is 1. The van der Waals surface area contributed by atoms with Crippen molar-refractivity contribution in [2.75, 3.05) is 4.90 Å². The lowest BCUT2D eigenvalue weighted by Crippen LogP contribution is -2.29. The number of nitro benzene ring substituents is 1. The average molecular weight is 458 g/mol. The fourth-order valence-electron chi connectivity index (χ4n) is 4.07. The second-order valence-corrected chi connectivity index (χ2v) is 7.85. The monoisotopic (exact) mass is 458 g/mol. The first-order valence-corrected chi connectivity index (χ1v) is 10.6. The van der Waals surface area contributed by atoms with Gasteiger partial charge in [0.25, 0.3) is 5.69 Å². The number of phenolic OH excluding ortho intramolecular Hbond substituents is 1. The Bertz CT molecular complexity index is 1340. The van der Waals surface area contributed by atoms with Crippen molar-refractivity contribution in [1.29, 1.82) is 0 Å². The van der Waals surface area contributed by atoms with Gasteiger partial charge in [0.2, 0.25) is 0 Å². The Morgan fingerprint density at radius 2 is 1.79 bits per heavy atom. The zero-order valence-corrected chi connectivity index (χ0v) is 18.0. The van der Waals surface area contributed by atoms with E-state index in [1.165, 1.54) is 6.07 Å². The van der Waals surface area contributed by atoms with Gasteiger partial charge < -0.3 is 19.7 Å². The number of pyridine rings is 1. The van der Waals surface area contributed by atoms with Crippen LogP contribution in [-0.4, -0.2) is 20.1 Å². The zero-order valence-electron chi connectivity index (χ0n) is 17.2. The van der Waals surface area contributed by atoms with Gasteiger partial charge in [-0.15, -0.1) is 0 Å². The molecule has 0 unspecified atom stereocenters. The maximum atomic E-state index is 11.5. The summed E-state index contributed by atoms with van der Waals surface area (Å²) >= 11 is 5.64. The van der Waals surface area contributed by atoms with Crippen molar-refractivity contribution >= 4 is 28.7 Å². The normalized spacial score (nSPS) is 17.7.